The summed E-state index contributed by atoms with van der Waals surface area (Å²) in [5.41, 5.74) is 13.0. The smallest absolute Gasteiger partial charge is 0.317 e. The number of aryl methyl sites for hydroxylation is 1. The summed E-state index contributed by atoms with van der Waals surface area (Å²) in [6, 6.07) is 73.0. The van der Waals surface area contributed by atoms with E-state index in [4.69, 9.17) is 5.73 Å². The van der Waals surface area contributed by atoms with Crippen molar-refractivity contribution in [2.75, 3.05) is 16.0 Å². The van der Waals surface area contributed by atoms with Crippen LogP contribution < -0.4 is 32.6 Å². The highest BCUT2D eigenvalue weighted by Crippen LogP contribution is 2.33. The minimum Gasteiger partial charge on any atom is -0.481 e. The standard InChI is InChI=1S/C26H22FN3O4.C26H20FN3O3.C15H12FN3O.C11H10O3.C7H8/c27-21-11-10-17(13-22-19-8-4-5-9-20(19)25(32)30-29-22)14-23(21)28-24(31)15-18(26(33)34)12-16-6-2-1-3-7-16;27-21-11-10-17(13-22-19-8-4-5-9-20(19)25(32)29-28-22)14-23(21)30-24(31)15-18(26(30)33)12-16-6-2-1-3-7-16;16-12-6-5-9(7-13(12)17)8-14-10-3-1-2-4-11(10)15(20)19-18-14;12-10-7-9(11(13)14-10)6-8-4-2-1-3-5-8;1-7-5-3-2-4-6-7/h1-11,14,18H,12-13,15H2,(H,28,31)(H,30,32)(H,33,34);1-11,14,18H,12-13,15H2,(H,29,32);1-7H,8,17H2,(H,19,20);1-5,9H,6-7H2;2-6H,1H3. The number of hydrogen-bond donors (Lipinski definition) is 6. The van der Waals surface area contributed by atoms with Crippen LogP contribution in [0.1, 0.15) is 75.3 Å². The minimum absolute atomic E-state index is 0.0416. The summed E-state index contributed by atoms with van der Waals surface area (Å²) in [5, 5.41) is 35.6. The van der Waals surface area contributed by atoms with Gasteiger partial charge in [-0.2, -0.15) is 15.3 Å². The molecule has 544 valence electrons. The molecule has 2 aliphatic rings. The van der Waals surface area contributed by atoms with Crippen LogP contribution in [0.15, 0.2) is 263 Å². The van der Waals surface area contributed by atoms with E-state index in [-0.39, 0.29) is 71.3 Å². The summed E-state index contributed by atoms with van der Waals surface area (Å²) >= 11 is 0. The maximum Gasteiger partial charge on any atom is 0.317 e. The van der Waals surface area contributed by atoms with E-state index in [2.05, 4.69) is 59.7 Å². The third-order valence-corrected chi connectivity index (χ3v) is 18.0. The summed E-state index contributed by atoms with van der Waals surface area (Å²) in [6.07, 6.45) is 2.25. The molecule has 2 aliphatic heterocycles. The Kier molecular flexibility index (Phi) is 25.0. The third kappa shape index (κ3) is 19.8. The maximum absolute atomic E-state index is 14.8. The number of carboxylic acid groups (broad SMARTS) is 1. The topological polar surface area (TPSA) is 310 Å². The lowest BCUT2D eigenvalue weighted by Crippen LogP contribution is -2.31. The monoisotopic (exact) mass is 1450 g/mol. The van der Waals surface area contributed by atoms with Crippen molar-refractivity contribution in [3.05, 3.63) is 353 Å². The molecule has 5 heterocycles. The molecular weight excluding hydrogens is 1380 g/mol. The van der Waals surface area contributed by atoms with Crippen molar-refractivity contribution >= 4 is 85.0 Å². The van der Waals surface area contributed by atoms with Gasteiger partial charge in [-0.15, -0.1) is 0 Å². The number of H-pyrrole nitrogens is 3. The largest absolute Gasteiger partial charge is 0.481 e. The number of anilines is 3. The van der Waals surface area contributed by atoms with Gasteiger partial charge in [0.15, 0.2) is 0 Å². The number of nitrogens with one attached hydrogen (secondary N) is 4. The molecule has 2 saturated heterocycles. The molecule has 0 aliphatic carbocycles. The molecule has 7 N–H and O–H groups in total. The van der Waals surface area contributed by atoms with Gasteiger partial charge in [-0.25, -0.2) is 33.4 Å². The van der Waals surface area contributed by atoms with Crippen molar-refractivity contribution < 1.29 is 51.8 Å². The lowest BCUT2D eigenvalue weighted by Gasteiger charge is -2.17. The number of amides is 3. The van der Waals surface area contributed by atoms with Gasteiger partial charge in [0.2, 0.25) is 17.7 Å². The van der Waals surface area contributed by atoms with E-state index in [0.29, 0.717) is 81.5 Å². The number of benzene rings is 10. The lowest BCUT2D eigenvalue weighted by atomic mass is 9.96. The van der Waals surface area contributed by atoms with Gasteiger partial charge in [0.05, 0.1) is 74.5 Å². The average Bonchev–Trinajstić information content (AvgIpc) is 1.49. The Morgan fingerprint density at radius 1 is 0.491 bits per heavy atom. The molecule has 108 heavy (non-hydrogen) atoms. The van der Waals surface area contributed by atoms with E-state index in [1.54, 1.807) is 103 Å². The second kappa shape index (κ2) is 35.7. The molecular formula is C85H72F3N9O11. The number of nitrogens with two attached hydrogens (primary N) is 1. The molecule has 0 saturated carbocycles. The number of aromatic nitrogens is 6. The molecule has 13 aromatic rings. The zero-order valence-corrected chi connectivity index (χ0v) is 58.3. The highest BCUT2D eigenvalue weighted by molar-refractivity contribution is 6.21. The Balaban J connectivity index is 0.000000145. The van der Waals surface area contributed by atoms with Crippen LogP contribution in [0, 0.1) is 42.1 Å². The summed E-state index contributed by atoms with van der Waals surface area (Å²) in [6.45, 7) is 2.08. The van der Waals surface area contributed by atoms with E-state index in [1.807, 2.05) is 103 Å². The van der Waals surface area contributed by atoms with Gasteiger partial charge in [0.1, 0.15) is 17.5 Å². The van der Waals surface area contributed by atoms with Gasteiger partial charge in [-0.1, -0.05) is 200 Å². The summed E-state index contributed by atoms with van der Waals surface area (Å²) in [5.74, 6) is -6.74. The number of ether oxygens (including phenoxy) is 1. The molecule has 3 atom stereocenters. The van der Waals surface area contributed by atoms with Crippen molar-refractivity contribution in [1.82, 2.24) is 30.6 Å². The molecule has 10 aromatic carbocycles. The number of halogens is 3. The third-order valence-electron chi connectivity index (χ3n) is 18.0. The van der Waals surface area contributed by atoms with Crippen molar-refractivity contribution in [1.29, 1.82) is 0 Å². The zero-order chi connectivity index (χ0) is 76.2. The van der Waals surface area contributed by atoms with E-state index in [1.165, 1.54) is 35.9 Å². The fourth-order valence-corrected chi connectivity index (χ4v) is 12.5. The first-order chi connectivity index (χ1) is 52.2. The number of esters is 2. The van der Waals surface area contributed by atoms with E-state index in [9.17, 15) is 61.4 Å². The number of carbonyl (C=O) groups is 6. The number of nitrogens with zero attached hydrogens (tertiary/aromatic N) is 4. The van der Waals surface area contributed by atoms with E-state index < -0.39 is 58.9 Å². The maximum atomic E-state index is 14.8. The number of carboxylic acids is 1. The number of cyclic esters (lactones) is 2. The first kappa shape index (κ1) is 75.6. The molecule has 0 radical (unpaired) electrons. The Morgan fingerprint density at radius 2 is 0.898 bits per heavy atom. The van der Waals surface area contributed by atoms with Crippen LogP contribution in [0.4, 0.5) is 30.2 Å². The van der Waals surface area contributed by atoms with Crippen LogP contribution >= 0.6 is 0 Å². The van der Waals surface area contributed by atoms with Gasteiger partial charge in [0.25, 0.3) is 16.7 Å². The van der Waals surface area contributed by atoms with Crippen LogP contribution in [-0.4, -0.2) is 71.3 Å². The fraction of sp³-hybridized carbons (Fsp3) is 0.153. The number of hydrogen-bond acceptors (Lipinski definition) is 14. The summed E-state index contributed by atoms with van der Waals surface area (Å²) < 4.78 is 46.8. The molecule has 3 aromatic heterocycles. The van der Waals surface area contributed by atoms with E-state index in [0.717, 1.165) is 38.2 Å². The Bertz CT molecular complexity index is 5610. The Hall–Kier alpha value is -13.6. The van der Waals surface area contributed by atoms with Crippen molar-refractivity contribution in [2.45, 2.75) is 64.7 Å². The molecule has 3 amide bonds. The molecule has 0 spiro atoms. The van der Waals surface area contributed by atoms with Crippen molar-refractivity contribution in [3.8, 4) is 0 Å². The fourth-order valence-electron chi connectivity index (χ4n) is 12.5. The number of aliphatic carboxylic acids is 1. The molecule has 3 unspecified atom stereocenters. The van der Waals surface area contributed by atoms with Crippen LogP contribution in [0.3, 0.4) is 0 Å². The van der Waals surface area contributed by atoms with Crippen LogP contribution in [0.5, 0.6) is 0 Å². The molecule has 0 bridgehead atoms. The van der Waals surface area contributed by atoms with Crippen molar-refractivity contribution in [2.24, 2.45) is 17.8 Å². The molecule has 20 nitrogen and oxygen atoms in total. The molecule has 15 rings (SSSR count). The van der Waals surface area contributed by atoms with E-state index >= 15 is 0 Å². The summed E-state index contributed by atoms with van der Waals surface area (Å²) in [7, 11) is 0. The second-order valence-electron chi connectivity index (χ2n) is 25.8. The lowest BCUT2D eigenvalue weighted by molar-refractivity contribution is -0.153. The Labute approximate surface area is 616 Å². The highest BCUT2D eigenvalue weighted by atomic mass is 19.1. The Morgan fingerprint density at radius 3 is 1.33 bits per heavy atom. The minimum atomic E-state index is -1.09. The number of carbonyl (C=O) groups excluding carboxylic acids is 5. The van der Waals surface area contributed by atoms with Crippen LogP contribution in [0.25, 0.3) is 32.3 Å². The number of fused-ring (bicyclic) bond motifs is 3. The first-order valence-corrected chi connectivity index (χ1v) is 34.5. The highest BCUT2D eigenvalue weighted by Gasteiger charge is 2.41. The van der Waals surface area contributed by atoms with Gasteiger partial charge < -0.3 is 20.9 Å². The second-order valence-corrected chi connectivity index (χ2v) is 25.8. The van der Waals surface area contributed by atoms with Gasteiger partial charge in [-0.05, 0) is 114 Å². The van der Waals surface area contributed by atoms with Gasteiger partial charge >= 0.3 is 17.9 Å². The normalized spacial score (nSPS) is 13.9. The van der Waals surface area contributed by atoms with Crippen LogP contribution in [-0.2, 0) is 72.0 Å². The molecule has 2 fully saturated rings. The van der Waals surface area contributed by atoms with Crippen molar-refractivity contribution in [3.63, 3.8) is 0 Å². The number of nitrogen functional groups attached to an aromatic ring is 1. The predicted molar refractivity (Wildman–Crippen MR) is 405 cm³/mol. The molecule has 23 heteroatoms. The SMILES string of the molecule is Cc1ccccc1.Nc1cc(Cc2n[nH]c(=O)c3ccccc23)ccc1F.O=C(CC(Cc1ccccc1)C(=O)O)Nc1cc(Cc2n[nH]c(=O)c3ccccc23)ccc1F.O=C1CC(Cc2ccccc2)C(=O)N1c1cc(Cc2n[nH]c(=O)c3ccccc23)ccc1F.O=C1CC(Cc2ccccc2)C(=O)O1. The zero-order valence-electron chi connectivity index (χ0n) is 58.3. The first-order valence-electron chi connectivity index (χ1n) is 34.5. The van der Waals surface area contributed by atoms with Gasteiger partial charge in [-0.3, -0.25) is 43.2 Å². The quantitative estimate of drug-likeness (QED) is 0.0214. The van der Waals surface area contributed by atoms with Crippen LogP contribution in [0.2, 0.25) is 0 Å². The number of rotatable bonds is 17. The van der Waals surface area contributed by atoms with Gasteiger partial charge in [0, 0.05) is 48.3 Å². The average molecular weight is 1450 g/mol. The predicted octanol–water partition coefficient (Wildman–Crippen LogP) is 13.2. The summed E-state index contributed by atoms with van der Waals surface area (Å²) in [4.78, 5) is 109. The number of imide groups is 1. The number of aromatic amines is 3.